The van der Waals surface area contributed by atoms with Gasteiger partial charge in [-0.3, -0.25) is 14.2 Å². The summed E-state index contributed by atoms with van der Waals surface area (Å²) in [5, 5.41) is 1.58. The van der Waals surface area contributed by atoms with Crippen molar-refractivity contribution in [2.45, 2.75) is 39.4 Å². The predicted molar refractivity (Wildman–Crippen MR) is 144 cm³/mol. The monoisotopic (exact) mass is 523 g/mol. The van der Waals surface area contributed by atoms with E-state index >= 15 is 0 Å². The lowest BCUT2D eigenvalue weighted by atomic mass is 10.1. The summed E-state index contributed by atoms with van der Waals surface area (Å²) in [6.07, 6.45) is 0.554. The van der Waals surface area contributed by atoms with Crippen LogP contribution in [0.2, 0.25) is 10.0 Å². The van der Waals surface area contributed by atoms with E-state index < -0.39 is 6.04 Å². The van der Waals surface area contributed by atoms with Crippen LogP contribution in [0.1, 0.15) is 37.7 Å². The number of carbonyl (C=O) groups is 1. The third kappa shape index (κ3) is 5.72. The summed E-state index contributed by atoms with van der Waals surface area (Å²) < 4.78 is 7.42. The molecule has 0 aliphatic carbocycles. The SMILES string of the molecule is CCC(c1nc2cc(Cl)ccc2c(=O)n1CC)N(Cc1ccccc1)C(=O)COc1ccc(Cl)cc1. The van der Waals surface area contributed by atoms with Crippen LogP contribution in [0.5, 0.6) is 5.75 Å². The lowest BCUT2D eigenvalue weighted by molar-refractivity contribution is -0.137. The minimum atomic E-state index is -0.456. The summed E-state index contributed by atoms with van der Waals surface area (Å²) >= 11 is 12.2. The van der Waals surface area contributed by atoms with Crippen LogP contribution in [0.4, 0.5) is 0 Å². The number of rotatable bonds is 9. The summed E-state index contributed by atoms with van der Waals surface area (Å²) in [7, 11) is 0. The Morgan fingerprint density at radius 2 is 1.69 bits per heavy atom. The van der Waals surface area contributed by atoms with Crippen LogP contribution in [0.25, 0.3) is 10.9 Å². The first kappa shape index (κ1) is 25.7. The number of nitrogens with zero attached hydrogens (tertiary/aromatic N) is 3. The third-order valence-corrected chi connectivity index (χ3v) is 6.50. The first-order valence-electron chi connectivity index (χ1n) is 11.8. The second-order valence-corrected chi connectivity index (χ2v) is 9.23. The summed E-state index contributed by atoms with van der Waals surface area (Å²) in [6, 6.07) is 21.2. The number of fused-ring (bicyclic) bond motifs is 1. The Labute approximate surface area is 220 Å². The number of benzene rings is 3. The molecule has 8 heteroatoms. The van der Waals surface area contributed by atoms with Gasteiger partial charge in [0, 0.05) is 23.1 Å². The van der Waals surface area contributed by atoms with Gasteiger partial charge in [0.05, 0.1) is 16.9 Å². The highest BCUT2D eigenvalue weighted by Gasteiger charge is 2.29. The minimum absolute atomic E-state index is 0.155. The van der Waals surface area contributed by atoms with Gasteiger partial charge in [0.1, 0.15) is 11.6 Å². The van der Waals surface area contributed by atoms with Crippen molar-refractivity contribution in [3.63, 3.8) is 0 Å². The molecule has 4 rings (SSSR count). The van der Waals surface area contributed by atoms with Gasteiger partial charge in [-0.05, 0) is 61.4 Å². The van der Waals surface area contributed by atoms with Crippen molar-refractivity contribution in [1.29, 1.82) is 0 Å². The maximum Gasteiger partial charge on any atom is 0.261 e. The van der Waals surface area contributed by atoms with Gasteiger partial charge in [0.15, 0.2) is 6.61 Å². The van der Waals surface area contributed by atoms with E-state index in [9.17, 15) is 9.59 Å². The van der Waals surface area contributed by atoms with Gasteiger partial charge in [-0.1, -0.05) is 60.5 Å². The number of hydrogen-bond acceptors (Lipinski definition) is 4. The largest absolute Gasteiger partial charge is 0.484 e. The summed E-state index contributed by atoms with van der Waals surface area (Å²) in [5.41, 5.74) is 1.32. The highest BCUT2D eigenvalue weighted by molar-refractivity contribution is 6.31. The fourth-order valence-electron chi connectivity index (χ4n) is 4.22. The molecule has 1 aromatic heterocycles. The van der Waals surface area contributed by atoms with Gasteiger partial charge in [-0.15, -0.1) is 0 Å². The van der Waals surface area contributed by atoms with Gasteiger partial charge < -0.3 is 9.64 Å². The van der Waals surface area contributed by atoms with Gasteiger partial charge in [-0.2, -0.15) is 0 Å². The van der Waals surface area contributed by atoms with E-state index in [-0.39, 0.29) is 18.1 Å². The average molecular weight is 524 g/mol. The molecule has 3 aromatic carbocycles. The molecule has 0 saturated heterocycles. The number of carbonyl (C=O) groups excluding carboxylic acids is 1. The summed E-state index contributed by atoms with van der Waals surface area (Å²) in [6.45, 7) is 4.47. The van der Waals surface area contributed by atoms with Crippen molar-refractivity contribution >= 4 is 40.0 Å². The second-order valence-electron chi connectivity index (χ2n) is 8.35. The molecular weight excluding hydrogens is 497 g/mol. The molecular formula is C28H27Cl2N3O3. The Kier molecular flexibility index (Phi) is 8.28. The summed E-state index contributed by atoms with van der Waals surface area (Å²) in [5.74, 6) is 0.851. The molecule has 186 valence electrons. The molecule has 0 radical (unpaired) electrons. The van der Waals surface area contributed by atoms with Crippen molar-refractivity contribution in [2.24, 2.45) is 0 Å². The number of halogens is 2. The Bertz CT molecular complexity index is 1410. The first-order valence-corrected chi connectivity index (χ1v) is 12.6. The molecule has 36 heavy (non-hydrogen) atoms. The highest BCUT2D eigenvalue weighted by atomic mass is 35.5. The number of hydrogen-bond donors (Lipinski definition) is 0. The summed E-state index contributed by atoms with van der Waals surface area (Å²) in [4.78, 5) is 33.5. The Hall–Kier alpha value is -3.35. The van der Waals surface area contributed by atoms with E-state index in [2.05, 4.69) is 0 Å². The molecule has 0 spiro atoms. The van der Waals surface area contributed by atoms with Crippen LogP contribution in [0, 0.1) is 0 Å². The van der Waals surface area contributed by atoms with Crippen LogP contribution in [-0.4, -0.2) is 27.0 Å². The zero-order valence-corrected chi connectivity index (χ0v) is 21.7. The molecule has 1 unspecified atom stereocenters. The smallest absolute Gasteiger partial charge is 0.261 e. The van der Waals surface area contributed by atoms with Crippen molar-refractivity contribution in [3.8, 4) is 5.75 Å². The fraction of sp³-hybridized carbons (Fsp3) is 0.250. The van der Waals surface area contributed by atoms with E-state index in [4.69, 9.17) is 32.9 Å². The van der Waals surface area contributed by atoms with Crippen LogP contribution < -0.4 is 10.3 Å². The molecule has 6 nitrogen and oxygen atoms in total. The maximum atomic E-state index is 13.6. The van der Waals surface area contributed by atoms with Crippen LogP contribution in [0.3, 0.4) is 0 Å². The molecule has 0 saturated carbocycles. The van der Waals surface area contributed by atoms with Gasteiger partial charge in [-0.25, -0.2) is 4.98 Å². The second kappa shape index (κ2) is 11.6. The van der Waals surface area contributed by atoms with Crippen LogP contribution in [-0.2, 0) is 17.9 Å². The Balaban J connectivity index is 1.74. The Morgan fingerprint density at radius 1 is 1.00 bits per heavy atom. The van der Waals surface area contributed by atoms with E-state index in [1.165, 1.54) is 0 Å². The average Bonchev–Trinajstić information content (AvgIpc) is 2.88. The maximum absolute atomic E-state index is 13.6. The van der Waals surface area contributed by atoms with Crippen LogP contribution >= 0.6 is 23.2 Å². The number of amides is 1. The van der Waals surface area contributed by atoms with Crippen molar-refractivity contribution < 1.29 is 9.53 Å². The topological polar surface area (TPSA) is 64.4 Å². The van der Waals surface area contributed by atoms with Gasteiger partial charge >= 0.3 is 0 Å². The first-order chi connectivity index (χ1) is 17.4. The van der Waals surface area contributed by atoms with E-state index in [1.807, 2.05) is 44.2 Å². The standard InChI is InChI=1S/C28H27Cl2N3O3/c1-3-25(27-31-24-16-21(30)12-15-23(24)28(35)32(27)4-2)33(17-19-8-6-5-7-9-19)26(34)18-36-22-13-10-20(29)11-14-22/h5-16,25H,3-4,17-18H2,1-2H3. The number of ether oxygens (including phenoxy) is 1. The highest BCUT2D eigenvalue weighted by Crippen LogP contribution is 2.27. The molecule has 1 heterocycles. The van der Waals surface area contributed by atoms with Crippen molar-refractivity contribution in [2.75, 3.05) is 6.61 Å². The molecule has 0 aliphatic heterocycles. The molecule has 1 amide bonds. The van der Waals surface area contributed by atoms with Gasteiger partial charge in [0.2, 0.25) is 0 Å². The molecule has 4 aromatic rings. The lowest BCUT2D eigenvalue weighted by Gasteiger charge is -2.32. The fourth-order valence-corrected chi connectivity index (χ4v) is 4.52. The van der Waals surface area contributed by atoms with Crippen molar-refractivity contribution in [3.05, 3.63) is 105 Å². The number of aromatic nitrogens is 2. The lowest BCUT2D eigenvalue weighted by Crippen LogP contribution is -2.40. The third-order valence-electron chi connectivity index (χ3n) is 6.02. The predicted octanol–water partition coefficient (Wildman–Crippen LogP) is 6.28. The minimum Gasteiger partial charge on any atom is -0.484 e. The molecule has 0 aliphatic rings. The van der Waals surface area contributed by atoms with E-state index in [0.717, 1.165) is 5.56 Å². The molecule has 0 N–H and O–H groups in total. The molecule has 0 bridgehead atoms. The quantitative estimate of drug-likeness (QED) is 0.259. The van der Waals surface area contributed by atoms with Gasteiger partial charge in [0.25, 0.3) is 11.5 Å². The zero-order chi connectivity index (χ0) is 25.7. The Morgan fingerprint density at radius 3 is 2.36 bits per heavy atom. The van der Waals surface area contributed by atoms with E-state index in [0.29, 0.717) is 52.0 Å². The molecule has 1 atom stereocenters. The van der Waals surface area contributed by atoms with Crippen LogP contribution in [0.15, 0.2) is 77.6 Å². The normalized spacial score (nSPS) is 11.9. The van der Waals surface area contributed by atoms with Crippen molar-refractivity contribution in [1.82, 2.24) is 14.5 Å². The molecule has 0 fully saturated rings. The van der Waals surface area contributed by atoms with E-state index in [1.54, 1.807) is 51.9 Å². The zero-order valence-electron chi connectivity index (χ0n) is 20.2.